The Morgan fingerprint density at radius 3 is 2.26 bits per heavy atom. The van der Waals surface area contributed by atoms with E-state index in [1.165, 1.54) is 0 Å². The Morgan fingerprint density at radius 2 is 1.63 bits per heavy atom. The highest BCUT2D eigenvalue weighted by atomic mass is 32.2. The molecular formula is C19H13F3N2O2S. The molecule has 0 spiro atoms. The predicted molar refractivity (Wildman–Crippen MR) is 96.8 cm³/mol. The van der Waals surface area contributed by atoms with Crippen molar-refractivity contribution in [3.63, 3.8) is 0 Å². The highest BCUT2D eigenvalue weighted by Crippen LogP contribution is 2.27. The Labute approximate surface area is 156 Å². The van der Waals surface area contributed by atoms with Gasteiger partial charge in [-0.15, -0.1) is 0 Å². The lowest BCUT2D eigenvalue weighted by Crippen LogP contribution is -2.17. The molecule has 2 aromatic carbocycles. The van der Waals surface area contributed by atoms with Gasteiger partial charge in [0.25, 0.3) is 5.56 Å². The molecule has 0 bridgehead atoms. The molecule has 0 fully saturated rings. The number of benzene rings is 2. The highest BCUT2D eigenvalue weighted by Gasteiger charge is 2.33. The fraction of sp³-hybridized carbons (Fsp3) is 0.105. The molecule has 8 heteroatoms. The third-order valence-corrected chi connectivity index (χ3v) is 4.54. The van der Waals surface area contributed by atoms with Crippen molar-refractivity contribution in [2.24, 2.45) is 0 Å². The second-order valence-corrected chi connectivity index (χ2v) is 6.55. The lowest BCUT2D eigenvalue weighted by Gasteiger charge is -2.07. The minimum atomic E-state index is -4.72. The van der Waals surface area contributed by atoms with Gasteiger partial charge in [-0.2, -0.15) is 13.2 Å². The molecule has 0 atom stereocenters. The summed E-state index contributed by atoms with van der Waals surface area (Å²) in [6.07, 6.45) is -4.72. The summed E-state index contributed by atoms with van der Waals surface area (Å²) in [5.41, 5.74) is 0.185. The molecule has 0 saturated carbocycles. The van der Waals surface area contributed by atoms with Gasteiger partial charge >= 0.3 is 6.18 Å². The molecule has 1 N–H and O–H groups in total. The largest absolute Gasteiger partial charge is 0.433 e. The molecule has 4 nitrogen and oxygen atoms in total. The molecule has 0 aliphatic rings. The number of carbonyl (C=O) groups is 1. The highest BCUT2D eigenvalue weighted by molar-refractivity contribution is 7.99. The molecule has 3 aromatic rings. The Bertz CT molecular complexity index is 1000. The number of rotatable bonds is 5. The maximum Gasteiger partial charge on any atom is 0.433 e. The monoisotopic (exact) mass is 390 g/mol. The summed E-state index contributed by atoms with van der Waals surface area (Å²) in [7, 11) is 0. The van der Waals surface area contributed by atoms with Crippen LogP contribution >= 0.6 is 11.8 Å². The van der Waals surface area contributed by atoms with Gasteiger partial charge in [0.1, 0.15) is 0 Å². The lowest BCUT2D eigenvalue weighted by molar-refractivity contribution is -0.141. The Hall–Kier alpha value is -2.87. The molecule has 27 heavy (non-hydrogen) atoms. The first-order valence-corrected chi connectivity index (χ1v) is 8.81. The van der Waals surface area contributed by atoms with E-state index < -0.39 is 17.4 Å². The van der Waals surface area contributed by atoms with Crippen LogP contribution in [0.15, 0.2) is 70.6 Å². The number of nitrogens with one attached hydrogen (secondary N) is 1. The van der Waals surface area contributed by atoms with E-state index >= 15 is 0 Å². The van der Waals surface area contributed by atoms with Crippen LogP contribution in [-0.4, -0.2) is 21.5 Å². The van der Waals surface area contributed by atoms with E-state index in [2.05, 4.69) is 9.97 Å². The van der Waals surface area contributed by atoms with Gasteiger partial charge in [-0.3, -0.25) is 9.59 Å². The number of aromatic nitrogens is 2. The van der Waals surface area contributed by atoms with E-state index in [0.717, 1.165) is 22.9 Å². The fourth-order valence-corrected chi connectivity index (χ4v) is 3.12. The van der Waals surface area contributed by atoms with Crippen LogP contribution in [0.25, 0.3) is 11.1 Å². The molecule has 1 aromatic heterocycles. The molecule has 0 unspecified atom stereocenters. The summed E-state index contributed by atoms with van der Waals surface area (Å²) in [6, 6.07) is 16.9. The number of ketones is 1. The normalized spacial score (nSPS) is 11.4. The molecule has 0 amide bonds. The van der Waals surface area contributed by atoms with Gasteiger partial charge in [-0.25, -0.2) is 4.98 Å². The number of halogens is 3. The number of thioether (sulfide) groups is 1. The van der Waals surface area contributed by atoms with Gasteiger partial charge in [0.15, 0.2) is 16.6 Å². The van der Waals surface area contributed by atoms with Gasteiger partial charge in [0.2, 0.25) is 0 Å². The number of carbonyl (C=O) groups excluding carboxylic acids is 1. The summed E-state index contributed by atoms with van der Waals surface area (Å²) in [4.78, 5) is 29.2. The smallest absolute Gasteiger partial charge is 0.301 e. The van der Waals surface area contributed by atoms with Gasteiger partial charge in [0, 0.05) is 11.6 Å². The number of hydrogen-bond acceptors (Lipinski definition) is 4. The van der Waals surface area contributed by atoms with Crippen molar-refractivity contribution in [2.75, 3.05) is 5.75 Å². The van der Waals surface area contributed by atoms with Gasteiger partial charge in [0.05, 0.1) is 5.75 Å². The zero-order valence-corrected chi connectivity index (χ0v) is 14.6. The maximum atomic E-state index is 12.7. The third kappa shape index (κ3) is 4.85. The van der Waals surface area contributed by atoms with Crippen LogP contribution in [0.5, 0.6) is 0 Å². The molecule has 0 saturated heterocycles. The van der Waals surface area contributed by atoms with Crippen LogP contribution in [0.3, 0.4) is 0 Å². The number of alkyl halides is 3. The van der Waals surface area contributed by atoms with Gasteiger partial charge in [-0.1, -0.05) is 66.4 Å². The predicted octanol–water partition coefficient (Wildman–Crippen LogP) is 4.43. The zero-order valence-electron chi connectivity index (χ0n) is 13.8. The second kappa shape index (κ2) is 7.79. The summed E-state index contributed by atoms with van der Waals surface area (Å²) in [5, 5.41) is -0.246. The Morgan fingerprint density at radius 1 is 1.00 bits per heavy atom. The van der Waals surface area contributed by atoms with Crippen molar-refractivity contribution in [2.45, 2.75) is 11.3 Å². The summed E-state index contributed by atoms with van der Waals surface area (Å²) < 4.78 is 38.1. The van der Waals surface area contributed by atoms with E-state index in [4.69, 9.17) is 0 Å². The third-order valence-electron chi connectivity index (χ3n) is 3.66. The van der Waals surface area contributed by atoms with Crippen LogP contribution in [-0.2, 0) is 6.18 Å². The SMILES string of the molecule is O=C(CSc1nc(C(F)(F)F)cc(=O)[nH]1)c1ccc(-c2ccccc2)cc1. The molecule has 1 heterocycles. The Balaban J connectivity index is 1.70. The van der Waals surface area contributed by atoms with Crippen LogP contribution in [0.1, 0.15) is 16.1 Å². The number of H-pyrrole nitrogens is 1. The van der Waals surface area contributed by atoms with Crippen molar-refractivity contribution in [3.8, 4) is 11.1 Å². The zero-order chi connectivity index (χ0) is 19.4. The van der Waals surface area contributed by atoms with Crippen molar-refractivity contribution in [3.05, 3.63) is 82.3 Å². The minimum Gasteiger partial charge on any atom is -0.301 e. The van der Waals surface area contributed by atoms with E-state index in [9.17, 15) is 22.8 Å². The fourth-order valence-electron chi connectivity index (χ4n) is 2.35. The van der Waals surface area contributed by atoms with E-state index in [1.807, 2.05) is 30.3 Å². The number of nitrogens with zero attached hydrogens (tertiary/aromatic N) is 1. The average Bonchev–Trinajstić information content (AvgIpc) is 2.66. The van der Waals surface area contributed by atoms with Crippen LogP contribution in [0, 0.1) is 0 Å². The maximum absolute atomic E-state index is 12.7. The van der Waals surface area contributed by atoms with Gasteiger partial charge in [-0.05, 0) is 11.1 Å². The molecule has 0 aliphatic heterocycles. The average molecular weight is 390 g/mol. The Kier molecular flexibility index (Phi) is 5.46. The summed E-state index contributed by atoms with van der Waals surface area (Å²) in [5.74, 6) is -0.422. The van der Waals surface area contributed by atoms with Crippen LogP contribution in [0.4, 0.5) is 13.2 Å². The first kappa shape index (κ1) is 18.9. The van der Waals surface area contributed by atoms with Crippen LogP contribution in [0.2, 0.25) is 0 Å². The molecule has 138 valence electrons. The minimum absolute atomic E-state index is 0.144. The summed E-state index contributed by atoms with van der Waals surface area (Å²) in [6.45, 7) is 0. The molecular weight excluding hydrogens is 377 g/mol. The first-order valence-electron chi connectivity index (χ1n) is 7.83. The summed E-state index contributed by atoms with van der Waals surface area (Å²) >= 11 is 0.752. The van der Waals surface area contributed by atoms with E-state index in [1.54, 1.807) is 24.3 Å². The topological polar surface area (TPSA) is 62.8 Å². The van der Waals surface area contributed by atoms with Crippen molar-refractivity contribution >= 4 is 17.5 Å². The van der Waals surface area contributed by atoms with Crippen molar-refractivity contribution in [1.82, 2.24) is 9.97 Å². The molecule has 0 radical (unpaired) electrons. The number of hydrogen-bond donors (Lipinski definition) is 1. The van der Waals surface area contributed by atoms with Crippen LogP contribution < -0.4 is 5.56 Å². The first-order chi connectivity index (χ1) is 12.8. The van der Waals surface area contributed by atoms with Crippen molar-refractivity contribution < 1.29 is 18.0 Å². The van der Waals surface area contributed by atoms with Crippen molar-refractivity contribution in [1.29, 1.82) is 0 Å². The van der Waals surface area contributed by atoms with E-state index in [0.29, 0.717) is 11.6 Å². The quantitative estimate of drug-likeness (QED) is 0.398. The standard InChI is InChI=1S/C19H13F3N2O2S/c20-19(21,22)16-10-17(26)24-18(23-16)27-11-15(25)14-8-6-13(7-9-14)12-4-2-1-3-5-12/h1-10H,11H2,(H,23,24,26). The van der Waals surface area contributed by atoms with Gasteiger partial charge < -0.3 is 4.98 Å². The number of aromatic amines is 1. The van der Waals surface area contributed by atoms with E-state index in [-0.39, 0.29) is 16.7 Å². The molecule has 0 aliphatic carbocycles. The second-order valence-electron chi connectivity index (χ2n) is 5.59. The molecule has 3 rings (SSSR count). The number of Topliss-reactive ketones (excluding diaryl/α,β-unsaturated/α-hetero) is 1. The lowest BCUT2D eigenvalue weighted by atomic mass is 10.0.